The van der Waals surface area contributed by atoms with Crippen molar-refractivity contribution in [3.05, 3.63) is 59.3 Å². The lowest BCUT2D eigenvalue weighted by molar-refractivity contribution is 0.687. The van der Waals surface area contributed by atoms with Crippen LogP contribution in [0.4, 0.5) is 0 Å². The molecule has 2 aromatic carbocycles. The van der Waals surface area contributed by atoms with E-state index >= 15 is 0 Å². The number of aromatic nitrogens is 5. The van der Waals surface area contributed by atoms with Gasteiger partial charge in [-0.15, -0.1) is 10.2 Å². The van der Waals surface area contributed by atoms with E-state index in [1.165, 1.54) is 11.8 Å². The first-order valence-corrected chi connectivity index (χ1v) is 9.44. The summed E-state index contributed by atoms with van der Waals surface area (Å²) in [6.07, 6.45) is 1.59. The lowest BCUT2D eigenvalue weighted by Gasteiger charge is -2.08. The van der Waals surface area contributed by atoms with Crippen molar-refractivity contribution in [2.75, 3.05) is 0 Å². The Kier molecular flexibility index (Phi) is 4.50. The van der Waals surface area contributed by atoms with Crippen molar-refractivity contribution < 1.29 is 0 Å². The molecule has 0 saturated heterocycles. The summed E-state index contributed by atoms with van der Waals surface area (Å²) in [5.41, 5.74) is 1.96. The minimum Gasteiger partial charge on any atom is -0.302 e. The second kappa shape index (κ2) is 6.93. The van der Waals surface area contributed by atoms with Gasteiger partial charge in [-0.05, 0) is 36.9 Å². The molecule has 124 valence electrons. The van der Waals surface area contributed by atoms with Crippen LogP contribution < -0.4 is 0 Å². The summed E-state index contributed by atoms with van der Waals surface area (Å²) in [4.78, 5) is 8.78. The zero-order valence-electron chi connectivity index (χ0n) is 13.4. The predicted molar refractivity (Wildman–Crippen MR) is 102 cm³/mol. The molecule has 5 nitrogen and oxygen atoms in total. The molecule has 4 aromatic rings. The average molecular weight is 412 g/mol. The number of fused-ring (bicyclic) bond motifs is 1. The Morgan fingerprint density at radius 1 is 1.04 bits per heavy atom. The van der Waals surface area contributed by atoms with Crippen molar-refractivity contribution in [1.29, 1.82) is 0 Å². The van der Waals surface area contributed by atoms with Crippen LogP contribution in [0.5, 0.6) is 0 Å². The van der Waals surface area contributed by atoms with E-state index in [9.17, 15) is 0 Å². The Hall–Kier alpha value is -2.25. The van der Waals surface area contributed by atoms with E-state index in [4.69, 9.17) is 0 Å². The van der Waals surface area contributed by atoms with Gasteiger partial charge in [-0.3, -0.25) is 0 Å². The number of rotatable bonds is 4. The van der Waals surface area contributed by atoms with Gasteiger partial charge < -0.3 is 4.57 Å². The first-order valence-electron chi connectivity index (χ1n) is 7.83. The Morgan fingerprint density at radius 2 is 1.88 bits per heavy atom. The highest BCUT2D eigenvalue weighted by Crippen LogP contribution is 2.33. The molecule has 0 spiro atoms. The summed E-state index contributed by atoms with van der Waals surface area (Å²) in [6.45, 7) is 2.88. The molecule has 4 rings (SSSR count). The van der Waals surface area contributed by atoms with Gasteiger partial charge in [0, 0.05) is 22.0 Å². The highest BCUT2D eigenvalue weighted by atomic mass is 79.9. The summed E-state index contributed by atoms with van der Waals surface area (Å²) in [5, 5.41) is 11.5. The molecule has 25 heavy (non-hydrogen) atoms. The molecule has 7 heteroatoms. The Bertz CT molecular complexity index is 1030. The third kappa shape index (κ3) is 3.17. The normalized spacial score (nSPS) is 11.1. The van der Waals surface area contributed by atoms with Crippen molar-refractivity contribution >= 4 is 38.6 Å². The molecule has 0 bridgehead atoms. The van der Waals surface area contributed by atoms with Gasteiger partial charge in [-0.1, -0.05) is 46.3 Å². The van der Waals surface area contributed by atoms with E-state index in [2.05, 4.69) is 47.6 Å². The Morgan fingerprint density at radius 3 is 2.68 bits per heavy atom. The van der Waals surface area contributed by atoms with Gasteiger partial charge in [0.05, 0.1) is 5.52 Å². The zero-order chi connectivity index (χ0) is 17.2. The zero-order valence-corrected chi connectivity index (χ0v) is 15.8. The molecule has 0 amide bonds. The van der Waals surface area contributed by atoms with Crippen LogP contribution in [-0.2, 0) is 6.54 Å². The van der Waals surface area contributed by atoms with Crippen LogP contribution in [0.25, 0.3) is 22.3 Å². The first kappa shape index (κ1) is 16.2. The first-order chi connectivity index (χ1) is 12.3. The van der Waals surface area contributed by atoms with Gasteiger partial charge in [0.1, 0.15) is 11.4 Å². The smallest absolute Gasteiger partial charge is 0.197 e. The quantitative estimate of drug-likeness (QED) is 0.450. The molecule has 0 unspecified atom stereocenters. The fourth-order valence-corrected chi connectivity index (χ4v) is 3.94. The van der Waals surface area contributed by atoms with Crippen LogP contribution in [0.3, 0.4) is 0 Å². The van der Waals surface area contributed by atoms with E-state index in [0.717, 1.165) is 43.5 Å². The van der Waals surface area contributed by atoms with Crippen LogP contribution in [-0.4, -0.2) is 24.7 Å². The molecular formula is C18H14BrN5S. The van der Waals surface area contributed by atoms with Crippen LogP contribution in [0.15, 0.2) is 69.5 Å². The van der Waals surface area contributed by atoms with Crippen LogP contribution in [0.2, 0.25) is 0 Å². The molecule has 0 fully saturated rings. The van der Waals surface area contributed by atoms with Crippen LogP contribution in [0.1, 0.15) is 6.92 Å². The second-order valence-corrected chi connectivity index (χ2v) is 7.23. The molecule has 0 aliphatic heterocycles. The highest BCUT2D eigenvalue weighted by Gasteiger charge is 2.15. The van der Waals surface area contributed by atoms with Crippen molar-refractivity contribution in [3.8, 4) is 11.4 Å². The van der Waals surface area contributed by atoms with Crippen LogP contribution in [0, 0.1) is 0 Å². The van der Waals surface area contributed by atoms with Gasteiger partial charge >= 0.3 is 0 Å². The van der Waals surface area contributed by atoms with Gasteiger partial charge in [-0.25, -0.2) is 9.97 Å². The molecular weight excluding hydrogens is 398 g/mol. The summed E-state index contributed by atoms with van der Waals surface area (Å²) >= 11 is 5.03. The van der Waals surface area contributed by atoms with E-state index in [1.54, 1.807) is 6.33 Å². The minimum absolute atomic E-state index is 0.784. The average Bonchev–Trinajstić information content (AvgIpc) is 3.05. The van der Waals surface area contributed by atoms with Crippen molar-refractivity contribution in [1.82, 2.24) is 24.7 Å². The monoisotopic (exact) mass is 411 g/mol. The van der Waals surface area contributed by atoms with Crippen LogP contribution >= 0.6 is 27.7 Å². The fourth-order valence-electron chi connectivity index (χ4n) is 2.62. The second-order valence-electron chi connectivity index (χ2n) is 5.36. The van der Waals surface area contributed by atoms with Gasteiger partial charge in [0.15, 0.2) is 11.0 Å². The van der Waals surface area contributed by atoms with E-state index in [-0.39, 0.29) is 0 Å². The largest absolute Gasteiger partial charge is 0.302 e. The standard InChI is InChI=1S/C18H14BrN5S/c1-2-24-16(12-6-4-3-5-7-12)22-23-18(24)25-17-14-10-13(19)8-9-15(14)20-11-21-17/h3-11H,2H2,1H3. The summed E-state index contributed by atoms with van der Waals surface area (Å²) in [7, 11) is 0. The molecule has 0 aliphatic rings. The minimum atomic E-state index is 0.784. The molecule has 0 aliphatic carbocycles. The number of nitrogens with zero attached hydrogens (tertiary/aromatic N) is 5. The number of hydrogen-bond donors (Lipinski definition) is 0. The number of halogens is 1. The van der Waals surface area contributed by atoms with Gasteiger partial charge in [-0.2, -0.15) is 0 Å². The SMILES string of the molecule is CCn1c(Sc2ncnc3ccc(Br)cc23)nnc1-c1ccccc1. The van der Waals surface area contributed by atoms with Crippen molar-refractivity contribution in [2.45, 2.75) is 23.7 Å². The maximum atomic E-state index is 4.45. The maximum absolute atomic E-state index is 4.45. The maximum Gasteiger partial charge on any atom is 0.197 e. The summed E-state index contributed by atoms with van der Waals surface area (Å²) in [6, 6.07) is 16.1. The lowest BCUT2D eigenvalue weighted by Crippen LogP contribution is -2.00. The van der Waals surface area contributed by atoms with Gasteiger partial charge in [0.25, 0.3) is 0 Å². The summed E-state index contributed by atoms with van der Waals surface area (Å²) in [5.74, 6) is 0.866. The number of hydrogen-bond acceptors (Lipinski definition) is 5. The van der Waals surface area contributed by atoms with E-state index in [0.29, 0.717) is 0 Å². The van der Waals surface area contributed by atoms with Crippen molar-refractivity contribution in [2.24, 2.45) is 0 Å². The molecule has 2 aromatic heterocycles. The number of benzene rings is 2. The fraction of sp³-hybridized carbons (Fsp3) is 0.111. The van der Waals surface area contributed by atoms with Crippen molar-refractivity contribution in [3.63, 3.8) is 0 Å². The van der Waals surface area contributed by atoms with E-state index in [1.807, 2.05) is 48.5 Å². The predicted octanol–water partition coefficient (Wildman–Crippen LogP) is 4.82. The Balaban J connectivity index is 1.77. The lowest BCUT2D eigenvalue weighted by atomic mass is 10.2. The Labute approximate surface area is 157 Å². The van der Waals surface area contributed by atoms with E-state index < -0.39 is 0 Å². The third-order valence-corrected chi connectivity index (χ3v) is 5.31. The topological polar surface area (TPSA) is 56.5 Å². The highest BCUT2D eigenvalue weighted by molar-refractivity contribution is 9.10. The molecule has 0 saturated carbocycles. The molecule has 0 N–H and O–H groups in total. The van der Waals surface area contributed by atoms with Gasteiger partial charge in [0.2, 0.25) is 0 Å². The third-order valence-electron chi connectivity index (χ3n) is 3.81. The molecule has 2 heterocycles. The molecule has 0 atom stereocenters. The molecule has 0 radical (unpaired) electrons. The summed E-state index contributed by atoms with van der Waals surface area (Å²) < 4.78 is 3.10.